The highest BCUT2D eigenvalue weighted by molar-refractivity contribution is 9.10. The summed E-state index contributed by atoms with van der Waals surface area (Å²) in [7, 11) is 0. The van der Waals surface area contributed by atoms with Gasteiger partial charge >= 0.3 is 0 Å². The smallest absolute Gasteiger partial charge is 0.136 e. The van der Waals surface area contributed by atoms with Crippen molar-refractivity contribution >= 4 is 27.3 Å². The van der Waals surface area contributed by atoms with Crippen LogP contribution in [0.3, 0.4) is 0 Å². The van der Waals surface area contributed by atoms with Crippen molar-refractivity contribution in [3.8, 4) is 0 Å². The third kappa shape index (κ3) is 5.49. The maximum Gasteiger partial charge on any atom is 0.136 e. The minimum atomic E-state index is -1.40. The largest absolute Gasteiger partial charge is 0.598 e. The zero-order chi connectivity index (χ0) is 17.3. The third-order valence-corrected chi connectivity index (χ3v) is 5.42. The predicted molar refractivity (Wildman–Crippen MR) is 93.4 cm³/mol. The quantitative estimate of drug-likeness (QED) is 0.742. The van der Waals surface area contributed by atoms with Gasteiger partial charge in [0, 0.05) is 27.8 Å². The van der Waals surface area contributed by atoms with Crippen molar-refractivity contribution in [2.24, 2.45) is 0 Å². The van der Waals surface area contributed by atoms with Gasteiger partial charge in [-0.3, -0.25) is 0 Å². The number of nitrogens with one attached hydrogen (secondary N) is 1. The monoisotopic (exact) mass is 393 g/mol. The molecule has 1 aromatic carbocycles. The van der Waals surface area contributed by atoms with Gasteiger partial charge in [0.05, 0.1) is 11.1 Å². The van der Waals surface area contributed by atoms with E-state index in [4.69, 9.17) is 0 Å². The van der Waals surface area contributed by atoms with Crippen LogP contribution < -0.4 is 4.72 Å². The van der Waals surface area contributed by atoms with E-state index in [1.54, 1.807) is 32.9 Å². The Morgan fingerprint density at radius 2 is 1.77 bits per heavy atom. The normalized spacial score (nSPS) is 17.2. The van der Waals surface area contributed by atoms with Gasteiger partial charge in [-0.15, -0.1) is 4.72 Å². The van der Waals surface area contributed by atoms with Crippen molar-refractivity contribution in [1.82, 2.24) is 4.72 Å². The van der Waals surface area contributed by atoms with Crippen LogP contribution in [0.4, 0.5) is 4.39 Å². The first-order chi connectivity index (χ1) is 9.74. The summed E-state index contributed by atoms with van der Waals surface area (Å²) in [6.07, 6.45) is 0.217. The van der Waals surface area contributed by atoms with Gasteiger partial charge in [-0.2, -0.15) is 0 Å². The lowest BCUT2D eigenvalue weighted by atomic mass is 9.83. The molecule has 2 N–H and O–H groups in total. The molecule has 0 bridgehead atoms. The van der Waals surface area contributed by atoms with Gasteiger partial charge in [0.15, 0.2) is 0 Å². The molecule has 0 fully saturated rings. The van der Waals surface area contributed by atoms with E-state index in [1.807, 2.05) is 20.8 Å². The van der Waals surface area contributed by atoms with Crippen molar-refractivity contribution in [3.63, 3.8) is 0 Å². The van der Waals surface area contributed by atoms with Crippen LogP contribution in [0.5, 0.6) is 0 Å². The van der Waals surface area contributed by atoms with Crippen molar-refractivity contribution in [1.29, 1.82) is 0 Å². The SMILES string of the molecule is CC(C)(O)C[C@](C)(N[S+]([O-])C(C)(C)C)c1cc(Br)ccc1F. The van der Waals surface area contributed by atoms with Crippen LogP contribution in [0, 0.1) is 5.82 Å². The molecule has 1 rings (SSSR count). The van der Waals surface area contributed by atoms with Gasteiger partial charge in [-0.1, -0.05) is 15.9 Å². The van der Waals surface area contributed by atoms with E-state index in [2.05, 4.69) is 20.7 Å². The van der Waals surface area contributed by atoms with Gasteiger partial charge in [-0.25, -0.2) is 4.39 Å². The van der Waals surface area contributed by atoms with Gasteiger partial charge in [0.25, 0.3) is 0 Å². The molecule has 0 amide bonds. The van der Waals surface area contributed by atoms with Gasteiger partial charge in [0.2, 0.25) is 0 Å². The van der Waals surface area contributed by atoms with E-state index in [0.717, 1.165) is 4.47 Å². The fourth-order valence-corrected chi connectivity index (χ4v) is 3.59. The first kappa shape index (κ1) is 19.9. The molecule has 0 radical (unpaired) electrons. The zero-order valence-corrected chi connectivity index (χ0v) is 16.4. The molecule has 1 unspecified atom stereocenters. The average molecular weight is 394 g/mol. The Labute approximate surface area is 144 Å². The zero-order valence-electron chi connectivity index (χ0n) is 14.0. The van der Waals surface area contributed by atoms with Gasteiger partial charge in [0.1, 0.15) is 10.6 Å². The standard InChI is InChI=1S/C16H25BrFNO2S/c1-14(2,3)22(21)19-16(6,10-15(4,5)20)12-9-11(17)7-8-13(12)18/h7-9,19-20H,10H2,1-6H3/t16-,22?/m0/s1. The Bertz CT molecular complexity index is 528. The first-order valence-electron chi connectivity index (χ1n) is 7.12. The van der Waals surface area contributed by atoms with Crippen molar-refractivity contribution in [3.05, 3.63) is 34.1 Å². The summed E-state index contributed by atoms with van der Waals surface area (Å²) in [5.41, 5.74) is -1.63. The molecule has 1 aromatic rings. The summed E-state index contributed by atoms with van der Waals surface area (Å²) in [5.74, 6) is -0.395. The number of aliphatic hydroxyl groups is 1. The van der Waals surface area contributed by atoms with Crippen molar-refractivity contribution in [2.75, 3.05) is 0 Å². The second-order valence-electron chi connectivity index (χ2n) is 7.43. The number of hydrogen-bond acceptors (Lipinski definition) is 3. The second kappa shape index (κ2) is 6.77. The molecule has 2 atom stereocenters. The highest BCUT2D eigenvalue weighted by Gasteiger charge is 2.41. The van der Waals surface area contributed by atoms with E-state index in [-0.39, 0.29) is 6.42 Å². The van der Waals surface area contributed by atoms with Crippen LogP contribution in [0.15, 0.2) is 22.7 Å². The minimum absolute atomic E-state index is 0.217. The topological polar surface area (TPSA) is 55.3 Å². The molecule has 0 aromatic heterocycles. The van der Waals surface area contributed by atoms with Crippen molar-refractivity contribution in [2.45, 2.75) is 63.9 Å². The lowest BCUT2D eigenvalue weighted by Gasteiger charge is -2.38. The Morgan fingerprint density at radius 3 is 2.23 bits per heavy atom. The maximum absolute atomic E-state index is 14.3. The molecule has 0 aliphatic heterocycles. The van der Waals surface area contributed by atoms with Gasteiger partial charge < -0.3 is 9.66 Å². The molecule has 0 spiro atoms. The molecule has 126 valence electrons. The molecule has 0 saturated heterocycles. The van der Waals surface area contributed by atoms with Crippen molar-refractivity contribution < 1.29 is 14.0 Å². The molecule has 0 aliphatic rings. The molecule has 0 aliphatic carbocycles. The Kier molecular flexibility index (Phi) is 6.13. The fourth-order valence-electron chi connectivity index (χ4n) is 2.33. The first-order valence-corrected chi connectivity index (χ1v) is 9.06. The Hall–Kier alpha value is -0.140. The number of benzene rings is 1. The van der Waals surface area contributed by atoms with Crippen LogP contribution in [-0.4, -0.2) is 20.0 Å². The summed E-state index contributed by atoms with van der Waals surface area (Å²) >= 11 is 1.94. The van der Waals surface area contributed by atoms with Gasteiger partial charge in [-0.05, 0) is 59.7 Å². The lowest BCUT2D eigenvalue weighted by Crippen LogP contribution is -2.52. The molecule has 0 heterocycles. The number of rotatable bonds is 5. The molecule has 0 saturated carbocycles. The summed E-state index contributed by atoms with van der Waals surface area (Å²) < 4.78 is 30.1. The number of halogens is 2. The molecule has 3 nitrogen and oxygen atoms in total. The molecular weight excluding hydrogens is 369 g/mol. The van der Waals surface area contributed by atoms with Crippen LogP contribution >= 0.6 is 15.9 Å². The minimum Gasteiger partial charge on any atom is -0.598 e. The summed E-state index contributed by atoms with van der Waals surface area (Å²) in [6, 6.07) is 4.64. The summed E-state index contributed by atoms with van der Waals surface area (Å²) in [5, 5.41) is 10.2. The molecular formula is C16H25BrFNO2S. The van der Waals surface area contributed by atoms with Crippen LogP contribution in [0.2, 0.25) is 0 Å². The van der Waals surface area contributed by atoms with Crippen LogP contribution in [0.25, 0.3) is 0 Å². The van der Waals surface area contributed by atoms with E-state index in [0.29, 0.717) is 5.56 Å². The highest BCUT2D eigenvalue weighted by atomic mass is 79.9. The number of hydrogen-bond donors (Lipinski definition) is 2. The lowest BCUT2D eigenvalue weighted by molar-refractivity contribution is 0.0436. The van der Waals surface area contributed by atoms with Crippen LogP contribution in [-0.2, 0) is 16.9 Å². The maximum atomic E-state index is 14.3. The van der Waals surface area contributed by atoms with E-state index in [9.17, 15) is 14.0 Å². The Morgan fingerprint density at radius 1 is 1.23 bits per heavy atom. The Balaban J connectivity index is 3.31. The van der Waals surface area contributed by atoms with E-state index in [1.165, 1.54) is 6.07 Å². The van der Waals surface area contributed by atoms with Crippen LogP contribution in [0.1, 0.15) is 53.5 Å². The van der Waals surface area contributed by atoms with E-state index >= 15 is 0 Å². The van der Waals surface area contributed by atoms with E-state index < -0.39 is 33.1 Å². The second-order valence-corrected chi connectivity index (χ2v) is 10.3. The predicted octanol–water partition coefficient (Wildman–Crippen LogP) is 4.02. The highest BCUT2D eigenvalue weighted by Crippen LogP contribution is 2.35. The summed E-state index contributed by atoms with van der Waals surface area (Å²) in [4.78, 5) is 0. The molecule has 22 heavy (non-hydrogen) atoms. The fraction of sp³-hybridized carbons (Fsp3) is 0.625. The average Bonchev–Trinajstić information content (AvgIpc) is 2.28. The third-order valence-electron chi connectivity index (χ3n) is 3.18. The summed E-state index contributed by atoms with van der Waals surface area (Å²) in [6.45, 7) is 10.6. The molecule has 6 heteroatoms.